The maximum Gasteiger partial charge on any atom is 0.341 e. The lowest BCUT2D eigenvalue weighted by Crippen LogP contribution is -2.40. The molecule has 1 rings (SSSR count). The Kier molecular flexibility index (Phi) is 6.02. The molecule has 0 radical (unpaired) electrons. The monoisotopic (exact) mass is 310 g/mol. The van der Waals surface area contributed by atoms with E-state index in [1.165, 1.54) is 10.9 Å². The number of aromatic nitrogens is 1. The minimum atomic E-state index is -1.06. The Hall–Kier alpha value is -1.98. The van der Waals surface area contributed by atoms with Crippen LogP contribution in [-0.2, 0) is 0 Å². The normalized spacial score (nSPS) is 12.6. The molecule has 124 valence electrons. The van der Waals surface area contributed by atoms with Gasteiger partial charge in [0.05, 0.1) is 12.3 Å². The number of carbonyl (C=O) groups is 1. The molecule has 0 atom stereocenters. The molecule has 0 saturated heterocycles. The van der Waals surface area contributed by atoms with E-state index in [9.17, 15) is 9.90 Å². The van der Waals surface area contributed by atoms with E-state index in [0.29, 0.717) is 17.8 Å². The first-order chi connectivity index (χ1) is 10.2. The van der Waals surface area contributed by atoms with Gasteiger partial charge in [-0.15, -0.1) is 0 Å². The molecule has 1 N–H and O–H groups in total. The first-order valence-electron chi connectivity index (χ1n) is 7.56. The molecule has 6 nitrogen and oxygen atoms in total. The van der Waals surface area contributed by atoms with Crippen molar-refractivity contribution in [2.24, 2.45) is 4.99 Å². The van der Waals surface area contributed by atoms with Crippen molar-refractivity contribution in [2.45, 2.75) is 59.7 Å². The van der Waals surface area contributed by atoms with Crippen molar-refractivity contribution in [3.63, 3.8) is 0 Å². The van der Waals surface area contributed by atoms with Gasteiger partial charge in [0.1, 0.15) is 16.9 Å². The lowest BCUT2D eigenvalue weighted by molar-refractivity contribution is -0.0377. The van der Waals surface area contributed by atoms with Crippen LogP contribution >= 0.6 is 0 Å². The summed E-state index contributed by atoms with van der Waals surface area (Å²) in [7, 11) is 0. The summed E-state index contributed by atoms with van der Waals surface area (Å²) in [6.07, 6.45) is 2.07. The van der Waals surface area contributed by atoms with Crippen LogP contribution in [0.25, 0.3) is 0 Å². The number of rotatable bonds is 7. The number of aromatic carboxylic acids is 1. The van der Waals surface area contributed by atoms with Gasteiger partial charge in [-0.05, 0) is 41.0 Å². The third-order valence-electron chi connectivity index (χ3n) is 3.11. The SMILES string of the molecule is CC/N=c1/cc(OC(C)C)c(C(=O)O)cn1OC(C)(C)CC. The molecule has 22 heavy (non-hydrogen) atoms. The van der Waals surface area contributed by atoms with Gasteiger partial charge in [-0.2, -0.15) is 4.73 Å². The fourth-order valence-electron chi connectivity index (χ4n) is 1.70. The van der Waals surface area contributed by atoms with Crippen molar-refractivity contribution in [1.29, 1.82) is 0 Å². The number of nitrogens with zero attached hydrogens (tertiary/aromatic N) is 2. The molecule has 0 fully saturated rings. The number of ether oxygens (including phenoxy) is 1. The van der Waals surface area contributed by atoms with E-state index in [0.717, 1.165) is 6.42 Å². The van der Waals surface area contributed by atoms with E-state index in [4.69, 9.17) is 9.57 Å². The Morgan fingerprint density at radius 3 is 2.50 bits per heavy atom. The first kappa shape index (κ1) is 18.1. The number of hydrogen-bond donors (Lipinski definition) is 1. The van der Waals surface area contributed by atoms with E-state index < -0.39 is 11.6 Å². The molecule has 0 aliphatic rings. The van der Waals surface area contributed by atoms with Crippen molar-refractivity contribution in [1.82, 2.24) is 4.73 Å². The van der Waals surface area contributed by atoms with E-state index in [2.05, 4.69) is 4.99 Å². The van der Waals surface area contributed by atoms with Crippen LogP contribution in [0.5, 0.6) is 5.75 Å². The quantitative estimate of drug-likeness (QED) is 0.840. The zero-order valence-corrected chi connectivity index (χ0v) is 14.2. The highest BCUT2D eigenvalue weighted by Crippen LogP contribution is 2.18. The lowest BCUT2D eigenvalue weighted by Gasteiger charge is -2.26. The fourth-order valence-corrected chi connectivity index (χ4v) is 1.70. The highest BCUT2D eigenvalue weighted by atomic mass is 16.7. The van der Waals surface area contributed by atoms with Crippen molar-refractivity contribution in [3.05, 3.63) is 23.3 Å². The molecule has 0 aliphatic heterocycles. The maximum absolute atomic E-state index is 11.5. The summed E-state index contributed by atoms with van der Waals surface area (Å²) in [6, 6.07) is 1.61. The number of carboxylic acid groups (broad SMARTS) is 1. The predicted octanol–water partition coefficient (Wildman–Crippen LogP) is 2.51. The molecule has 6 heteroatoms. The Bertz CT molecular complexity index is 588. The second-order valence-corrected chi connectivity index (χ2v) is 5.89. The topological polar surface area (TPSA) is 73.0 Å². The summed E-state index contributed by atoms with van der Waals surface area (Å²) < 4.78 is 7.02. The molecule has 0 aliphatic carbocycles. The number of carboxylic acids is 1. The molecule has 0 amide bonds. The molecule has 1 aromatic rings. The van der Waals surface area contributed by atoms with Crippen molar-refractivity contribution < 1.29 is 19.5 Å². The van der Waals surface area contributed by atoms with Gasteiger partial charge in [-0.3, -0.25) is 4.99 Å². The highest BCUT2D eigenvalue weighted by Gasteiger charge is 2.21. The van der Waals surface area contributed by atoms with E-state index in [1.807, 2.05) is 41.5 Å². The molecule has 0 bridgehead atoms. The van der Waals surface area contributed by atoms with Gasteiger partial charge in [0.25, 0.3) is 0 Å². The van der Waals surface area contributed by atoms with E-state index in [-0.39, 0.29) is 11.7 Å². The zero-order chi connectivity index (χ0) is 16.9. The molecule has 1 aromatic heterocycles. The lowest BCUT2D eigenvalue weighted by atomic mass is 10.1. The van der Waals surface area contributed by atoms with Crippen LogP contribution in [0.1, 0.15) is 58.3 Å². The molecule has 0 spiro atoms. The van der Waals surface area contributed by atoms with Gasteiger partial charge in [0.2, 0.25) is 0 Å². The van der Waals surface area contributed by atoms with Crippen LogP contribution in [0.15, 0.2) is 17.3 Å². The Morgan fingerprint density at radius 2 is 2.05 bits per heavy atom. The van der Waals surface area contributed by atoms with Crippen LogP contribution in [0.4, 0.5) is 0 Å². The third kappa shape index (κ3) is 4.79. The van der Waals surface area contributed by atoms with Gasteiger partial charge in [-0.1, -0.05) is 6.92 Å². The average molecular weight is 310 g/mol. The van der Waals surface area contributed by atoms with Crippen molar-refractivity contribution >= 4 is 5.97 Å². The van der Waals surface area contributed by atoms with Gasteiger partial charge < -0.3 is 14.7 Å². The standard InChI is InChI=1S/C16H26N2O4/c1-7-16(5,6)22-18-10-12(15(19)20)13(21-11(3)4)9-14(18)17-8-2/h9-11H,7-8H2,1-6H3,(H,19,20)/b17-14-. The van der Waals surface area contributed by atoms with E-state index in [1.54, 1.807) is 6.07 Å². The predicted molar refractivity (Wildman–Crippen MR) is 84.2 cm³/mol. The van der Waals surface area contributed by atoms with Crippen LogP contribution in [0.2, 0.25) is 0 Å². The van der Waals surface area contributed by atoms with Crippen molar-refractivity contribution in [2.75, 3.05) is 6.54 Å². The Balaban J connectivity index is 3.46. The molecule has 0 aromatic carbocycles. The molecular formula is C16H26N2O4. The van der Waals surface area contributed by atoms with Gasteiger partial charge in [-0.25, -0.2) is 4.79 Å². The van der Waals surface area contributed by atoms with E-state index >= 15 is 0 Å². The minimum Gasteiger partial charge on any atom is -0.490 e. The van der Waals surface area contributed by atoms with Crippen LogP contribution in [0.3, 0.4) is 0 Å². The van der Waals surface area contributed by atoms with Gasteiger partial charge >= 0.3 is 5.97 Å². The van der Waals surface area contributed by atoms with Crippen LogP contribution < -0.4 is 15.1 Å². The summed E-state index contributed by atoms with van der Waals surface area (Å²) in [5.41, 5.74) is 0.152. The van der Waals surface area contributed by atoms with Crippen molar-refractivity contribution in [3.8, 4) is 5.75 Å². The minimum absolute atomic E-state index is 0.0515. The summed E-state index contributed by atoms with van der Waals surface area (Å²) in [4.78, 5) is 21.7. The first-order valence-corrected chi connectivity index (χ1v) is 7.56. The smallest absolute Gasteiger partial charge is 0.341 e. The Morgan fingerprint density at radius 1 is 1.41 bits per heavy atom. The number of pyridine rings is 1. The average Bonchev–Trinajstić information content (AvgIpc) is 2.40. The molecule has 0 saturated carbocycles. The fraction of sp³-hybridized carbons (Fsp3) is 0.625. The second-order valence-electron chi connectivity index (χ2n) is 5.89. The second kappa shape index (κ2) is 7.33. The maximum atomic E-state index is 11.5. The summed E-state index contributed by atoms with van der Waals surface area (Å²) in [5.74, 6) is -0.769. The summed E-state index contributed by atoms with van der Waals surface area (Å²) in [5, 5.41) is 9.40. The van der Waals surface area contributed by atoms with Crippen LogP contribution in [0, 0.1) is 0 Å². The molecular weight excluding hydrogens is 284 g/mol. The highest BCUT2D eigenvalue weighted by molar-refractivity contribution is 5.90. The van der Waals surface area contributed by atoms with Gasteiger partial charge in [0, 0.05) is 12.6 Å². The largest absolute Gasteiger partial charge is 0.490 e. The third-order valence-corrected chi connectivity index (χ3v) is 3.11. The van der Waals surface area contributed by atoms with Gasteiger partial charge in [0.15, 0.2) is 5.49 Å². The summed E-state index contributed by atoms with van der Waals surface area (Å²) >= 11 is 0. The number of hydrogen-bond acceptors (Lipinski definition) is 4. The van der Waals surface area contributed by atoms with Crippen LogP contribution in [-0.4, -0.2) is 34.1 Å². The zero-order valence-electron chi connectivity index (χ0n) is 14.2. The molecule has 1 heterocycles. The Labute approximate surface area is 131 Å². The summed E-state index contributed by atoms with van der Waals surface area (Å²) in [6.45, 7) is 12.0. The molecule has 0 unspecified atom stereocenters.